The van der Waals surface area contributed by atoms with Crippen molar-refractivity contribution in [2.75, 3.05) is 58.4 Å². The van der Waals surface area contributed by atoms with E-state index in [9.17, 15) is 18.8 Å². The van der Waals surface area contributed by atoms with Crippen molar-refractivity contribution in [3.63, 3.8) is 0 Å². The van der Waals surface area contributed by atoms with Crippen LogP contribution in [0.25, 0.3) is 0 Å². The number of carbonyl (C=O) groups excluding carboxylic acids is 3. The van der Waals surface area contributed by atoms with Crippen LogP contribution in [0.2, 0.25) is 0 Å². The Balaban J connectivity index is 1.28. The number of nitrogens with one attached hydrogen (secondary N) is 1. The highest BCUT2D eigenvalue weighted by Gasteiger charge is 2.37. The van der Waals surface area contributed by atoms with E-state index < -0.39 is 17.6 Å². The fourth-order valence-corrected chi connectivity index (χ4v) is 5.47. The van der Waals surface area contributed by atoms with Crippen molar-refractivity contribution in [1.82, 2.24) is 9.80 Å². The van der Waals surface area contributed by atoms with Gasteiger partial charge in [-0.2, -0.15) is 0 Å². The number of likely N-dealkylation sites (tertiary alicyclic amines) is 1. The fourth-order valence-electron chi connectivity index (χ4n) is 5.47. The maximum absolute atomic E-state index is 13.5. The van der Waals surface area contributed by atoms with Crippen LogP contribution in [-0.2, 0) is 20.7 Å². The first-order chi connectivity index (χ1) is 17.9. The molecule has 3 aliphatic rings. The maximum atomic E-state index is 13.5. The van der Waals surface area contributed by atoms with Gasteiger partial charge in [-0.1, -0.05) is 12.1 Å². The van der Waals surface area contributed by atoms with Gasteiger partial charge in [-0.05, 0) is 54.5 Å². The zero-order valence-electron chi connectivity index (χ0n) is 21.0. The Morgan fingerprint density at radius 2 is 1.73 bits per heavy atom. The number of benzene rings is 2. The molecule has 0 spiro atoms. The number of rotatable bonds is 6. The molecule has 0 saturated carbocycles. The molecule has 0 aromatic heterocycles. The summed E-state index contributed by atoms with van der Waals surface area (Å²) >= 11 is 0. The second kappa shape index (κ2) is 10.9. The van der Waals surface area contributed by atoms with Crippen LogP contribution in [0.3, 0.4) is 0 Å². The summed E-state index contributed by atoms with van der Waals surface area (Å²) in [5.41, 5.74) is 2.86. The molecule has 37 heavy (non-hydrogen) atoms. The molecule has 196 valence electrons. The van der Waals surface area contributed by atoms with Crippen LogP contribution in [0.15, 0.2) is 36.4 Å². The summed E-state index contributed by atoms with van der Waals surface area (Å²) < 4.78 is 24.0. The number of morpholine rings is 1. The van der Waals surface area contributed by atoms with Gasteiger partial charge in [-0.25, -0.2) is 4.39 Å². The van der Waals surface area contributed by atoms with E-state index in [0.29, 0.717) is 74.4 Å². The molecule has 9 heteroatoms. The van der Waals surface area contributed by atoms with Gasteiger partial charge in [0.25, 0.3) is 11.8 Å². The Kier molecular flexibility index (Phi) is 7.41. The summed E-state index contributed by atoms with van der Waals surface area (Å²) in [6.07, 6.45) is 2.57. The highest BCUT2D eigenvalue weighted by atomic mass is 19.1. The first-order valence-electron chi connectivity index (χ1n) is 12.8. The van der Waals surface area contributed by atoms with Gasteiger partial charge in [0.05, 0.1) is 31.8 Å². The minimum atomic E-state index is -0.649. The Morgan fingerprint density at radius 1 is 1.03 bits per heavy atom. The molecule has 3 heterocycles. The molecule has 2 amide bonds. The first kappa shape index (κ1) is 25.2. The normalized spacial score (nSPS) is 19.8. The first-order valence-corrected chi connectivity index (χ1v) is 12.8. The lowest BCUT2D eigenvalue weighted by Gasteiger charge is -2.32. The number of hydrogen-bond acceptors (Lipinski definition) is 6. The molecule has 2 aromatic carbocycles. The number of ketones is 1. The van der Waals surface area contributed by atoms with Gasteiger partial charge in [0.2, 0.25) is 5.78 Å². The van der Waals surface area contributed by atoms with Crippen LogP contribution in [-0.4, -0.2) is 80.4 Å². The average molecular weight is 510 g/mol. The number of methoxy groups -OCH3 is 1. The summed E-state index contributed by atoms with van der Waals surface area (Å²) in [4.78, 5) is 42.9. The molecule has 2 saturated heterocycles. The molecule has 0 bridgehead atoms. The van der Waals surface area contributed by atoms with E-state index in [1.807, 2.05) is 17.0 Å². The number of halogens is 1. The standard InChI is InChI=1S/C28H32FN3O5/c1-36-25-16-24-21(23(17-30-24)26(33)28(35)32-10-12-37-13-11-32)15-22(25)27(34)31-8-6-19(7-9-31)14-18-2-4-20(29)5-3-18/h2-5,15-16,19,23,30H,6-14,17H2,1H3. The Hall–Kier alpha value is -3.46. The highest BCUT2D eigenvalue weighted by molar-refractivity contribution is 6.38. The summed E-state index contributed by atoms with van der Waals surface area (Å²) in [6.45, 7) is 3.19. The van der Waals surface area contributed by atoms with E-state index >= 15 is 0 Å². The zero-order chi connectivity index (χ0) is 25.9. The van der Waals surface area contributed by atoms with Crippen molar-refractivity contribution in [3.8, 4) is 5.75 Å². The van der Waals surface area contributed by atoms with Crippen molar-refractivity contribution in [3.05, 3.63) is 58.9 Å². The monoisotopic (exact) mass is 509 g/mol. The second-order valence-electron chi connectivity index (χ2n) is 9.91. The van der Waals surface area contributed by atoms with Gasteiger partial charge in [0.1, 0.15) is 11.6 Å². The number of Topliss-reactive ketones (excluding diaryl/α,β-unsaturated/α-hetero) is 1. The van der Waals surface area contributed by atoms with Gasteiger partial charge >= 0.3 is 0 Å². The van der Waals surface area contributed by atoms with Gasteiger partial charge in [0.15, 0.2) is 0 Å². The lowest BCUT2D eigenvalue weighted by atomic mass is 9.89. The molecule has 2 aromatic rings. The van der Waals surface area contributed by atoms with E-state index in [2.05, 4.69) is 5.32 Å². The topological polar surface area (TPSA) is 88.2 Å². The number of amides is 2. The van der Waals surface area contributed by atoms with Crippen LogP contribution in [0.5, 0.6) is 5.75 Å². The number of nitrogens with zero attached hydrogens (tertiary/aromatic N) is 2. The van der Waals surface area contributed by atoms with Crippen LogP contribution in [0, 0.1) is 11.7 Å². The van der Waals surface area contributed by atoms with Crippen molar-refractivity contribution in [2.45, 2.75) is 25.2 Å². The molecule has 1 unspecified atom stereocenters. The molecule has 5 rings (SSSR count). The Labute approximate surface area is 215 Å². The number of hydrogen-bond donors (Lipinski definition) is 1. The Bertz CT molecular complexity index is 1170. The van der Waals surface area contributed by atoms with Gasteiger partial charge in [-0.3, -0.25) is 14.4 Å². The smallest absolute Gasteiger partial charge is 0.290 e. The van der Waals surface area contributed by atoms with E-state index in [1.165, 1.54) is 24.1 Å². The molecular formula is C28H32FN3O5. The number of carbonyl (C=O) groups is 3. The molecule has 8 nitrogen and oxygen atoms in total. The lowest BCUT2D eigenvalue weighted by Crippen LogP contribution is -2.45. The minimum absolute atomic E-state index is 0.141. The quantitative estimate of drug-likeness (QED) is 0.603. The largest absolute Gasteiger partial charge is 0.496 e. The van der Waals surface area contributed by atoms with Crippen LogP contribution in [0.4, 0.5) is 10.1 Å². The highest BCUT2D eigenvalue weighted by Crippen LogP contribution is 2.38. The zero-order valence-corrected chi connectivity index (χ0v) is 21.0. The lowest BCUT2D eigenvalue weighted by molar-refractivity contribution is -0.147. The fraction of sp³-hybridized carbons (Fsp3) is 0.464. The summed E-state index contributed by atoms with van der Waals surface area (Å²) in [5.74, 6) is -1.14. The summed E-state index contributed by atoms with van der Waals surface area (Å²) in [5, 5.41) is 3.20. The number of piperidine rings is 1. The van der Waals surface area contributed by atoms with E-state index in [-0.39, 0.29) is 11.7 Å². The van der Waals surface area contributed by atoms with E-state index in [4.69, 9.17) is 9.47 Å². The molecule has 1 N–H and O–H groups in total. The third kappa shape index (κ3) is 5.32. The predicted molar refractivity (Wildman–Crippen MR) is 135 cm³/mol. The molecule has 3 aliphatic heterocycles. The third-order valence-electron chi connectivity index (χ3n) is 7.64. The average Bonchev–Trinajstić information content (AvgIpc) is 3.36. The van der Waals surface area contributed by atoms with Crippen molar-refractivity contribution in [1.29, 1.82) is 0 Å². The van der Waals surface area contributed by atoms with Crippen molar-refractivity contribution < 1.29 is 28.2 Å². The molecular weight excluding hydrogens is 477 g/mol. The maximum Gasteiger partial charge on any atom is 0.290 e. The van der Waals surface area contributed by atoms with Gasteiger partial charge in [0, 0.05) is 44.5 Å². The second-order valence-corrected chi connectivity index (χ2v) is 9.91. The van der Waals surface area contributed by atoms with Crippen LogP contribution >= 0.6 is 0 Å². The molecule has 1 atom stereocenters. The molecule has 0 radical (unpaired) electrons. The summed E-state index contributed by atoms with van der Waals surface area (Å²) in [6, 6.07) is 10.1. The number of fused-ring (bicyclic) bond motifs is 1. The number of ether oxygens (including phenoxy) is 2. The van der Waals surface area contributed by atoms with Gasteiger partial charge < -0.3 is 24.6 Å². The van der Waals surface area contributed by atoms with Crippen molar-refractivity contribution in [2.24, 2.45) is 5.92 Å². The van der Waals surface area contributed by atoms with E-state index in [1.54, 1.807) is 12.1 Å². The predicted octanol–water partition coefficient (Wildman–Crippen LogP) is 2.87. The molecule has 2 fully saturated rings. The number of anilines is 1. The van der Waals surface area contributed by atoms with E-state index in [0.717, 1.165) is 24.8 Å². The molecule has 0 aliphatic carbocycles. The SMILES string of the molecule is COc1cc2c(cc1C(=O)N1CCC(Cc3ccc(F)cc3)CC1)C(C(=O)C(=O)N1CCOCC1)CN2. The minimum Gasteiger partial charge on any atom is -0.496 e. The van der Waals surface area contributed by atoms with Gasteiger partial charge in [-0.15, -0.1) is 0 Å². The third-order valence-corrected chi connectivity index (χ3v) is 7.64. The van der Waals surface area contributed by atoms with Crippen LogP contribution in [0.1, 0.15) is 40.2 Å². The summed E-state index contributed by atoms with van der Waals surface area (Å²) in [7, 11) is 1.52. The van der Waals surface area contributed by atoms with Crippen LogP contribution < -0.4 is 10.1 Å². The Morgan fingerprint density at radius 3 is 2.41 bits per heavy atom. The van der Waals surface area contributed by atoms with Crippen molar-refractivity contribution >= 4 is 23.3 Å².